The van der Waals surface area contributed by atoms with Gasteiger partial charge >= 0.3 is 0 Å². The first-order chi connectivity index (χ1) is 8.49. The number of nitrogens with two attached hydrogens (primary N) is 1. The van der Waals surface area contributed by atoms with E-state index in [9.17, 15) is 4.79 Å². The van der Waals surface area contributed by atoms with Gasteiger partial charge in [-0.1, -0.05) is 12.1 Å². The molecule has 104 valence electrons. The van der Waals surface area contributed by atoms with Crippen LogP contribution in [0, 0.1) is 5.92 Å². The van der Waals surface area contributed by atoms with E-state index < -0.39 is 0 Å². The van der Waals surface area contributed by atoms with Crippen LogP contribution in [0.2, 0.25) is 0 Å². The molecule has 1 aliphatic rings. The molecule has 0 aromatic heterocycles. The third-order valence-electron chi connectivity index (χ3n) is 3.32. The molecule has 1 saturated heterocycles. The summed E-state index contributed by atoms with van der Waals surface area (Å²) in [5, 5.41) is 11.6. The zero-order valence-corrected chi connectivity index (χ0v) is 11.3. The van der Waals surface area contributed by atoms with Gasteiger partial charge in [0.1, 0.15) is 11.9 Å². The molecule has 18 heavy (non-hydrogen) atoms. The summed E-state index contributed by atoms with van der Waals surface area (Å²) in [7, 11) is 0. The van der Waals surface area contributed by atoms with Crippen molar-refractivity contribution in [2.75, 3.05) is 13.1 Å². The highest BCUT2D eigenvalue weighted by Crippen LogP contribution is 2.21. The predicted octanol–water partition coefficient (Wildman–Crippen LogP) is 0.785. The van der Waals surface area contributed by atoms with Crippen molar-refractivity contribution in [3.63, 3.8) is 0 Å². The van der Waals surface area contributed by atoms with Crippen LogP contribution < -0.4 is 5.73 Å². The van der Waals surface area contributed by atoms with E-state index in [1.54, 1.807) is 4.90 Å². The second-order valence-electron chi connectivity index (χ2n) is 4.82. The summed E-state index contributed by atoms with van der Waals surface area (Å²) >= 11 is 0. The summed E-state index contributed by atoms with van der Waals surface area (Å²) in [6.45, 7) is 6.75. The van der Waals surface area contributed by atoms with Crippen LogP contribution in [0.15, 0.2) is 5.16 Å². The number of hydrogen-bond acceptors (Lipinski definition) is 4. The number of nitrogens with zero attached hydrogens (tertiary/aromatic N) is 2. The SMILES string of the molecule is CCN(CC(C)C(N)=NO)C(=O)C1CCC(C)O1. The molecule has 0 aromatic rings. The highest BCUT2D eigenvalue weighted by Gasteiger charge is 2.31. The minimum atomic E-state index is -0.334. The molecule has 0 saturated carbocycles. The van der Waals surface area contributed by atoms with E-state index >= 15 is 0 Å². The molecule has 3 atom stereocenters. The van der Waals surface area contributed by atoms with Crippen LogP contribution in [0.1, 0.15) is 33.6 Å². The van der Waals surface area contributed by atoms with E-state index in [1.807, 2.05) is 20.8 Å². The summed E-state index contributed by atoms with van der Waals surface area (Å²) in [6.07, 6.45) is 1.51. The lowest BCUT2D eigenvalue weighted by molar-refractivity contribution is -0.142. The van der Waals surface area contributed by atoms with Crippen molar-refractivity contribution in [3.8, 4) is 0 Å². The van der Waals surface area contributed by atoms with Crippen LogP contribution in [-0.2, 0) is 9.53 Å². The monoisotopic (exact) mass is 257 g/mol. The second-order valence-corrected chi connectivity index (χ2v) is 4.82. The van der Waals surface area contributed by atoms with Gasteiger partial charge in [0, 0.05) is 19.0 Å². The van der Waals surface area contributed by atoms with Gasteiger partial charge in [-0.05, 0) is 26.7 Å². The molecule has 0 radical (unpaired) electrons. The van der Waals surface area contributed by atoms with E-state index in [2.05, 4.69) is 5.16 Å². The van der Waals surface area contributed by atoms with Gasteiger partial charge in [0.25, 0.3) is 5.91 Å². The predicted molar refractivity (Wildman–Crippen MR) is 68.4 cm³/mol. The van der Waals surface area contributed by atoms with Crippen molar-refractivity contribution in [1.82, 2.24) is 4.90 Å². The Morgan fingerprint density at radius 1 is 1.61 bits per heavy atom. The van der Waals surface area contributed by atoms with Crippen molar-refractivity contribution in [1.29, 1.82) is 0 Å². The maximum absolute atomic E-state index is 12.2. The third kappa shape index (κ3) is 3.60. The van der Waals surface area contributed by atoms with Gasteiger partial charge in [-0.15, -0.1) is 0 Å². The number of hydrogen-bond donors (Lipinski definition) is 2. The number of likely N-dealkylation sites (N-methyl/N-ethyl adjacent to an activating group) is 1. The summed E-state index contributed by atoms with van der Waals surface area (Å²) in [5.74, 6) is -0.0286. The Bertz CT molecular complexity index is 320. The number of oxime groups is 1. The van der Waals surface area contributed by atoms with E-state index in [-0.39, 0.29) is 29.9 Å². The maximum atomic E-state index is 12.2. The average molecular weight is 257 g/mol. The van der Waals surface area contributed by atoms with Crippen molar-refractivity contribution in [2.24, 2.45) is 16.8 Å². The average Bonchev–Trinajstić information content (AvgIpc) is 2.80. The van der Waals surface area contributed by atoms with Crippen molar-refractivity contribution < 1.29 is 14.7 Å². The fourth-order valence-electron chi connectivity index (χ4n) is 2.09. The van der Waals surface area contributed by atoms with E-state index in [0.717, 1.165) is 12.8 Å². The summed E-state index contributed by atoms with van der Waals surface area (Å²) < 4.78 is 5.57. The molecule has 0 spiro atoms. The summed E-state index contributed by atoms with van der Waals surface area (Å²) in [5.41, 5.74) is 5.53. The van der Waals surface area contributed by atoms with Crippen LogP contribution in [0.4, 0.5) is 0 Å². The summed E-state index contributed by atoms with van der Waals surface area (Å²) in [6, 6.07) is 0. The Kier molecular flexibility index (Phi) is 5.40. The van der Waals surface area contributed by atoms with Gasteiger partial charge in [0.2, 0.25) is 0 Å². The third-order valence-corrected chi connectivity index (χ3v) is 3.32. The number of amides is 1. The Morgan fingerprint density at radius 3 is 2.72 bits per heavy atom. The highest BCUT2D eigenvalue weighted by atomic mass is 16.5. The van der Waals surface area contributed by atoms with Crippen LogP contribution in [0.3, 0.4) is 0 Å². The first kappa shape index (κ1) is 14.8. The van der Waals surface area contributed by atoms with E-state index in [0.29, 0.717) is 13.1 Å². The molecule has 3 unspecified atom stereocenters. The molecule has 0 bridgehead atoms. The molecule has 1 amide bonds. The zero-order valence-electron chi connectivity index (χ0n) is 11.3. The smallest absolute Gasteiger partial charge is 0.251 e. The minimum Gasteiger partial charge on any atom is -0.409 e. The molecular weight excluding hydrogens is 234 g/mol. The second kappa shape index (κ2) is 6.58. The Morgan fingerprint density at radius 2 is 2.28 bits per heavy atom. The minimum absolute atomic E-state index is 0.000519. The molecule has 6 nitrogen and oxygen atoms in total. The maximum Gasteiger partial charge on any atom is 0.251 e. The quantitative estimate of drug-likeness (QED) is 0.330. The fraction of sp³-hybridized carbons (Fsp3) is 0.833. The first-order valence-corrected chi connectivity index (χ1v) is 6.41. The number of carbonyl (C=O) groups is 1. The molecular formula is C12H23N3O3. The van der Waals surface area contributed by atoms with Crippen LogP contribution in [0.25, 0.3) is 0 Å². The number of rotatable bonds is 5. The molecule has 1 rings (SSSR count). The molecule has 0 aromatic carbocycles. The van der Waals surface area contributed by atoms with Crippen molar-refractivity contribution in [2.45, 2.75) is 45.8 Å². The lowest BCUT2D eigenvalue weighted by Crippen LogP contribution is -2.43. The number of amidine groups is 1. The molecule has 1 aliphatic heterocycles. The van der Waals surface area contributed by atoms with Gasteiger partial charge < -0.3 is 20.6 Å². The topological polar surface area (TPSA) is 88.1 Å². The molecule has 3 N–H and O–H groups in total. The van der Waals surface area contributed by atoms with Crippen molar-refractivity contribution in [3.05, 3.63) is 0 Å². The fourth-order valence-corrected chi connectivity index (χ4v) is 2.09. The van der Waals surface area contributed by atoms with Crippen LogP contribution >= 0.6 is 0 Å². The standard InChI is InChI=1S/C12H23N3O3/c1-4-15(7-8(2)11(13)14-17)12(16)10-6-5-9(3)18-10/h8-10,17H,4-7H2,1-3H3,(H2,13,14). The van der Waals surface area contributed by atoms with Gasteiger partial charge in [0.15, 0.2) is 0 Å². The van der Waals surface area contributed by atoms with E-state index in [4.69, 9.17) is 15.7 Å². The normalized spacial score (nSPS) is 26.1. The van der Waals surface area contributed by atoms with Crippen LogP contribution in [0.5, 0.6) is 0 Å². The molecule has 6 heteroatoms. The Labute approximate surface area is 108 Å². The highest BCUT2D eigenvalue weighted by molar-refractivity contribution is 5.84. The lowest BCUT2D eigenvalue weighted by Gasteiger charge is -2.26. The first-order valence-electron chi connectivity index (χ1n) is 6.41. The largest absolute Gasteiger partial charge is 0.409 e. The van der Waals surface area contributed by atoms with Gasteiger partial charge in [-0.2, -0.15) is 0 Å². The van der Waals surface area contributed by atoms with E-state index in [1.165, 1.54) is 0 Å². The summed E-state index contributed by atoms with van der Waals surface area (Å²) in [4.78, 5) is 13.9. The molecule has 1 heterocycles. The van der Waals surface area contributed by atoms with Gasteiger partial charge in [-0.25, -0.2) is 0 Å². The molecule has 0 aliphatic carbocycles. The lowest BCUT2D eigenvalue weighted by atomic mass is 10.1. The van der Waals surface area contributed by atoms with Gasteiger partial charge in [0.05, 0.1) is 6.10 Å². The van der Waals surface area contributed by atoms with Crippen LogP contribution in [-0.4, -0.2) is 47.1 Å². The number of ether oxygens (including phenoxy) is 1. The Hall–Kier alpha value is -1.30. The van der Waals surface area contributed by atoms with Crippen molar-refractivity contribution >= 4 is 11.7 Å². The Balaban J connectivity index is 2.57. The van der Waals surface area contributed by atoms with Gasteiger partial charge in [-0.3, -0.25) is 4.79 Å². The molecule has 1 fully saturated rings. The number of carbonyl (C=O) groups excluding carboxylic acids is 1. The zero-order chi connectivity index (χ0) is 13.7.